The highest BCUT2D eigenvalue weighted by Crippen LogP contribution is 2.32. The summed E-state index contributed by atoms with van der Waals surface area (Å²) in [4.78, 5) is 0. The molecule has 3 rings (SSSR count). The molecule has 0 aliphatic carbocycles. The molecule has 3 fully saturated rings. The number of rotatable bonds is 7. The first-order chi connectivity index (χ1) is 16.0. The molecule has 3 heterocycles. The quantitative estimate of drug-likeness (QED) is 0.154. The highest BCUT2D eigenvalue weighted by Gasteiger charge is 2.53. The molecular formula is C18H32O16. The van der Waals surface area contributed by atoms with Crippen molar-refractivity contribution in [3.05, 3.63) is 0 Å². The maximum absolute atomic E-state index is 10.6. The Labute approximate surface area is 192 Å². The largest absolute Gasteiger partial charge is 0.394 e. The van der Waals surface area contributed by atoms with E-state index in [9.17, 15) is 56.2 Å². The van der Waals surface area contributed by atoms with Gasteiger partial charge in [0.05, 0.1) is 19.8 Å². The van der Waals surface area contributed by atoms with Gasteiger partial charge in [-0.3, -0.25) is 0 Å². The molecule has 3 aliphatic heterocycles. The molecule has 3 aliphatic rings. The third-order valence-corrected chi connectivity index (χ3v) is 6.09. The lowest BCUT2D eigenvalue weighted by atomic mass is 9.96. The average molecular weight is 504 g/mol. The van der Waals surface area contributed by atoms with Gasteiger partial charge in [-0.2, -0.15) is 0 Å². The molecule has 10 unspecified atom stereocenters. The van der Waals surface area contributed by atoms with Crippen LogP contribution in [0.1, 0.15) is 0 Å². The summed E-state index contributed by atoms with van der Waals surface area (Å²) in [5.74, 6) is 0. The van der Waals surface area contributed by atoms with Gasteiger partial charge in [0.1, 0.15) is 73.2 Å². The predicted octanol–water partition coefficient (Wildman–Crippen LogP) is -7.57. The van der Waals surface area contributed by atoms with Crippen LogP contribution in [-0.2, 0) is 23.7 Å². The van der Waals surface area contributed by atoms with E-state index < -0.39 is 112 Å². The van der Waals surface area contributed by atoms with Gasteiger partial charge in [-0.1, -0.05) is 0 Å². The third kappa shape index (κ3) is 5.37. The fraction of sp³-hybridized carbons (Fsp3) is 1.00. The van der Waals surface area contributed by atoms with E-state index in [0.29, 0.717) is 0 Å². The Balaban J connectivity index is 1.72. The first kappa shape index (κ1) is 27.9. The van der Waals surface area contributed by atoms with Crippen molar-refractivity contribution in [2.24, 2.45) is 0 Å². The van der Waals surface area contributed by atoms with Gasteiger partial charge in [-0.15, -0.1) is 0 Å². The summed E-state index contributed by atoms with van der Waals surface area (Å²) in [6.07, 6.45) is -25.1. The standard InChI is InChI=1S/C18H32O16/c19-1-4-7(22)8(23)12(27)17(31-4)34-15-6(3-21)32-18(13(28)10(15)25)33-14-5(2-20)30-16(29)11(26)9(14)24/h4-29H,1-3H2/t4?,5?,6?,7-,8?,9?,10?,11+,12+,13+,14?,15-,16?,17?,18?/m1/s1. The predicted molar refractivity (Wildman–Crippen MR) is 101 cm³/mol. The maximum Gasteiger partial charge on any atom is 0.187 e. The normalized spacial score (nSPS) is 52.5. The van der Waals surface area contributed by atoms with Gasteiger partial charge in [0.25, 0.3) is 0 Å². The number of aliphatic hydroxyl groups excluding tert-OH is 11. The molecule has 0 saturated carbocycles. The van der Waals surface area contributed by atoms with Gasteiger partial charge < -0.3 is 79.9 Å². The zero-order chi connectivity index (χ0) is 25.3. The summed E-state index contributed by atoms with van der Waals surface area (Å²) in [5, 5.41) is 109. The summed E-state index contributed by atoms with van der Waals surface area (Å²) < 4.78 is 26.4. The smallest absolute Gasteiger partial charge is 0.187 e. The molecule has 0 aromatic rings. The van der Waals surface area contributed by atoms with Crippen molar-refractivity contribution >= 4 is 0 Å². The molecule has 16 nitrogen and oxygen atoms in total. The molecule has 0 bridgehead atoms. The van der Waals surface area contributed by atoms with Crippen molar-refractivity contribution in [2.75, 3.05) is 19.8 Å². The van der Waals surface area contributed by atoms with Crippen molar-refractivity contribution in [3.8, 4) is 0 Å². The molecule has 16 heteroatoms. The Bertz CT molecular complexity index is 635. The molecule has 0 aromatic carbocycles. The van der Waals surface area contributed by atoms with Gasteiger partial charge >= 0.3 is 0 Å². The summed E-state index contributed by atoms with van der Waals surface area (Å²) in [6, 6.07) is 0. The first-order valence-corrected chi connectivity index (χ1v) is 10.6. The Morgan fingerprint density at radius 1 is 0.441 bits per heavy atom. The van der Waals surface area contributed by atoms with Gasteiger partial charge in [0.15, 0.2) is 18.9 Å². The third-order valence-electron chi connectivity index (χ3n) is 6.09. The van der Waals surface area contributed by atoms with Crippen LogP contribution in [-0.4, -0.2) is 168 Å². The number of aliphatic hydroxyl groups is 11. The minimum absolute atomic E-state index is 0.741. The fourth-order valence-corrected chi connectivity index (χ4v) is 4.06. The number of hydrogen-bond acceptors (Lipinski definition) is 16. The van der Waals surface area contributed by atoms with Crippen LogP contribution in [0.4, 0.5) is 0 Å². The zero-order valence-corrected chi connectivity index (χ0v) is 17.7. The van der Waals surface area contributed by atoms with Gasteiger partial charge in [0.2, 0.25) is 0 Å². The van der Waals surface area contributed by atoms with Crippen molar-refractivity contribution < 1.29 is 79.9 Å². The van der Waals surface area contributed by atoms with Crippen LogP contribution in [0, 0.1) is 0 Å². The van der Waals surface area contributed by atoms with Crippen LogP contribution in [0.5, 0.6) is 0 Å². The molecule has 0 aromatic heterocycles. The van der Waals surface area contributed by atoms with E-state index in [1.807, 2.05) is 0 Å². The molecule has 15 atom stereocenters. The lowest BCUT2D eigenvalue weighted by Crippen LogP contribution is -2.66. The lowest BCUT2D eigenvalue weighted by Gasteiger charge is -2.47. The topological polar surface area (TPSA) is 269 Å². The highest BCUT2D eigenvalue weighted by molar-refractivity contribution is 4.96. The minimum Gasteiger partial charge on any atom is -0.394 e. The van der Waals surface area contributed by atoms with Crippen molar-refractivity contribution in [2.45, 2.75) is 92.1 Å². The van der Waals surface area contributed by atoms with Crippen molar-refractivity contribution in [3.63, 3.8) is 0 Å². The van der Waals surface area contributed by atoms with Crippen LogP contribution in [0.2, 0.25) is 0 Å². The molecule has 0 amide bonds. The number of ether oxygens (including phenoxy) is 5. The summed E-state index contributed by atoms with van der Waals surface area (Å²) in [6.45, 7) is -2.32. The van der Waals surface area contributed by atoms with Crippen LogP contribution >= 0.6 is 0 Å². The lowest BCUT2D eigenvalue weighted by molar-refractivity contribution is -0.377. The fourth-order valence-electron chi connectivity index (χ4n) is 4.06. The second kappa shape index (κ2) is 11.6. The van der Waals surface area contributed by atoms with Gasteiger partial charge in [-0.05, 0) is 0 Å². The van der Waals surface area contributed by atoms with E-state index in [1.165, 1.54) is 0 Å². The Morgan fingerprint density at radius 2 is 0.853 bits per heavy atom. The van der Waals surface area contributed by atoms with E-state index in [4.69, 9.17) is 23.7 Å². The number of hydrogen-bond donors (Lipinski definition) is 11. The molecule has 200 valence electrons. The van der Waals surface area contributed by atoms with Crippen LogP contribution in [0.15, 0.2) is 0 Å². The Kier molecular flexibility index (Phi) is 9.54. The molecule has 3 saturated heterocycles. The molecule has 0 spiro atoms. The van der Waals surface area contributed by atoms with Crippen molar-refractivity contribution in [1.29, 1.82) is 0 Å². The van der Waals surface area contributed by atoms with Crippen molar-refractivity contribution in [1.82, 2.24) is 0 Å². The Morgan fingerprint density at radius 3 is 1.35 bits per heavy atom. The van der Waals surface area contributed by atoms with Crippen LogP contribution in [0.3, 0.4) is 0 Å². The van der Waals surface area contributed by atoms with Gasteiger partial charge in [0, 0.05) is 0 Å². The Hall–Kier alpha value is -0.640. The zero-order valence-electron chi connectivity index (χ0n) is 17.7. The minimum atomic E-state index is -1.91. The van der Waals surface area contributed by atoms with Crippen LogP contribution in [0.25, 0.3) is 0 Å². The molecule has 34 heavy (non-hydrogen) atoms. The molecule has 0 radical (unpaired) electrons. The SMILES string of the molecule is OCC1OC(O)[C@@H](O)C(O)C1OC1OC(CO)[C@@H](OC2OC(CO)[C@@H](O)C(O)[C@@H]2O)C(O)[C@@H]1O. The average Bonchev–Trinajstić information content (AvgIpc) is 2.83. The first-order valence-electron chi connectivity index (χ1n) is 10.6. The van der Waals surface area contributed by atoms with E-state index in [2.05, 4.69) is 0 Å². The monoisotopic (exact) mass is 504 g/mol. The summed E-state index contributed by atoms with van der Waals surface area (Å²) >= 11 is 0. The van der Waals surface area contributed by atoms with Gasteiger partial charge in [-0.25, -0.2) is 0 Å². The maximum atomic E-state index is 10.6. The van der Waals surface area contributed by atoms with E-state index >= 15 is 0 Å². The highest BCUT2D eigenvalue weighted by atomic mass is 16.8. The molecule has 11 N–H and O–H groups in total. The second-order valence-corrected chi connectivity index (χ2v) is 8.33. The summed E-state index contributed by atoms with van der Waals surface area (Å²) in [5.41, 5.74) is 0. The second-order valence-electron chi connectivity index (χ2n) is 8.33. The van der Waals surface area contributed by atoms with E-state index in [-0.39, 0.29) is 0 Å². The van der Waals surface area contributed by atoms with E-state index in [1.54, 1.807) is 0 Å². The summed E-state index contributed by atoms with van der Waals surface area (Å²) in [7, 11) is 0. The van der Waals surface area contributed by atoms with E-state index in [0.717, 1.165) is 0 Å². The molecular weight excluding hydrogens is 472 g/mol. The van der Waals surface area contributed by atoms with Crippen LogP contribution < -0.4 is 0 Å².